The van der Waals surface area contributed by atoms with Gasteiger partial charge in [-0.25, -0.2) is 4.98 Å². The van der Waals surface area contributed by atoms with Gasteiger partial charge < -0.3 is 15.5 Å². The van der Waals surface area contributed by atoms with Crippen molar-refractivity contribution in [1.29, 1.82) is 0 Å². The third kappa shape index (κ3) is 3.50. The molecule has 1 aliphatic heterocycles. The molecule has 0 spiro atoms. The Bertz CT molecular complexity index is 447. The van der Waals surface area contributed by atoms with Crippen LogP contribution in [0.3, 0.4) is 0 Å². The van der Waals surface area contributed by atoms with Crippen LogP contribution in [0.25, 0.3) is 0 Å². The van der Waals surface area contributed by atoms with Gasteiger partial charge in [-0.2, -0.15) is 13.2 Å². The van der Waals surface area contributed by atoms with Crippen molar-refractivity contribution in [1.82, 2.24) is 9.88 Å². The number of likely N-dealkylation sites (N-methyl/N-ethyl adjacent to an activating group) is 1. The summed E-state index contributed by atoms with van der Waals surface area (Å²) in [6.07, 6.45) is -3.46. The first-order valence-corrected chi connectivity index (χ1v) is 6.10. The van der Waals surface area contributed by atoms with Crippen LogP contribution in [0.5, 0.6) is 0 Å². The van der Waals surface area contributed by atoms with Crippen LogP contribution >= 0.6 is 0 Å². The maximum absolute atomic E-state index is 12.8. The quantitative estimate of drug-likeness (QED) is 0.887. The van der Waals surface area contributed by atoms with Crippen LogP contribution in [-0.2, 0) is 6.18 Å². The van der Waals surface area contributed by atoms with E-state index in [0.717, 1.165) is 31.6 Å². The Morgan fingerprint density at radius 2 is 2.00 bits per heavy atom. The van der Waals surface area contributed by atoms with Crippen LogP contribution < -0.4 is 10.6 Å². The number of rotatable bonds is 3. The molecule has 0 bridgehead atoms. The zero-order valence-corrected chi connectivity index (χ0v) is 10.9. The van der Waals surface area contributed by atoms with Gasteiger partial charge in [0.1, 0.15) is 11.6 Å². The first-order valence-electron chi connectivity index (χ1n) is 6.10. The van der Waals surface area contributed by atoms with Gasteiger partial charge >= 0.3 is 6.18 Å². The summed E-state index contributed by atoms with van der Waals surface area (Å²) in [5.74, 6) is 0.475. The molecule has 1 fully saturated rings. The van der Waals surface area contributed by atoms with E-state index in [1.54, 1.807) is 7.05 Å². The highest BCUT2D eigenvalue weighted by molar-refractivity contribution is 5.50. The van der Waals surface area contributed by atoms with Crippen molar-refractivity contribution in [2.24, 2.45) is 0 Å². The molecule has 2 rings (SSSR count). The number of hydrogen-bond acceptors (Lipinski definition) is 4. The van der Waals surface area contributed by atoms with E-state index in [1.807, 2.05) is 7.05 Å². The molecule has 0 aromatic carbocycles. The number of nitrogens with zero attached hydrogens (tertiary/aromatic N) is 2. The molecule has 2 N–H and O–H groups in total. The predicted molar refractivity (Wildman–Crippen MR) is 68.3 cm³/mol. The summed E-state index contributed by atoms with van der Waals surface area (Å²) < 4.78 is 38.3. The summed E-state index contributed by atoms with van der Waals surface area (Å²) in [7, 11) is 3.54. The highest BCUT2D eigenvalue weighted by Crippen LogP contribution is 2.32. The Balaban J connectivity index is 2.20. The number of likely N-dealkylation sites (tertiary alicyclic amines) is 1. The Morgan fingerprint density at radius 3 is 2.53 bits per heavy atom. The van der Waals surface area contributed by atoms with Gasteiger partial charge in [-0.1, -0.05) is 0 Å². The maximum atomic E-state index is 12.8. The lowest BCUT2D eigenvalue weighted by atomic mass is 10.2. The lowest BCUT2D eigenvalue weighted by Gasteiger charge is -2.16. The molecule has 1 aliphatic rings. The van der Waals surface area contributed by atoms with E-state index in [2.05, 4.69) is 20.5 Å². The van der Waals surface area contributed by atoms with E-state index < -0.39 is 11.7 Å². The van der Waals surface area contributed by atoms with Gasteiger partial charge in [-0.3, -0.25) is 0 Å². The number of alkyl halides is 3. The van der Waals surface area contributed by atoms with Gasteiger partial charge in [0.05, 0.1) is 5.56 Å². The summed E-state index contributed by atoms with van der Waals surface area (Å²) in [5, 5.41) is 5.72. The molecule has 4 nitrogen and oxygen atoms in total. The van der Waals surface area contributed by atoms with E-state index in [0.29, 0.717) is 0 Å². The normalized spacial score (nSPS) is 20.6. The Kier molecular flexibility index (Phi) is 3.84. The Hall–Kier alpha value is -1.50. The van der Waals surface area contributed by atoms with Crippen LogP contribution in [-0.4, -0.2) is 43.1 Å². The zero-order valence-electron chi connectivity index (χ0n) is 10.9. The molecular formula is C12H17F3N4. The molecule has 1 aromatic rings. The van der Waals surface area contributed by atoms with Crippen molar-refractivity contribution in [3.8, 4) is 0 Å². The molecule has 0 aliphatic carbocycles. The standard InChI is InChI=1S/C12H17F3N4/c1-16-10-5-8(12(13,14)15)6-11(18-10)17-9-3-4-19(2)7-9/h5-6,9H,3-4,7H2,1-2H3,(H2,16,17,18). The third-order valence-corrected chi connectivity index (χ3v) is 3.15. The van der Waals surface area contributed by atoms with Gasteiger partial charge in [0.15, 0.2) is 0 Å². The molecule has 1 aromatic heterocycles. The van der Waals surface area contributed by atoms with E-state index in [4.69, 9.17) is 0 Å². The lowest BCUT2D eigenvalue weighted by Crippen LogP contribution is -2.24. The molecule has 0 saturated carbocycles. The van der Waals surface area contributed by atoms with Gasteiger partial charge in [0, 0.05) is 19.6 Å². The number of pyridine rings is 1. The number of nitrogens with one attached hydrogen (secondary N) is 2. The third-order valence-electron chi connectivity index (χ3n) is 3.15. The maximum Gasteiger partial charge on any atom is 0.416 e. The van der Waals surface area contributed by atoms with Crippen molar-refractivity contribution in [3.05, 3.63) is 17.7 Å². The molecule has 0 radical (unpaired) electrons. The van der Waals surface area contributed by atoms with E-state index in [9.17, 15) is 13.2 Å². The smallest absolute Gasteiger partial charge is 0.373 e. The molecular weight excluding hydrogens is 257 g/mol. The monoisotopic (exact) mass is 274 g/mol. The largest absolute Gasteiger partial charge is 0.416 e. The zero-order chi connectivity index (χ0) is 14.0. The molecule has 1 saturated heterocycles. The van der Waals surface area contributed by atoms with Crippen molar-refractivity contribution in [3.63, 3.8) is 0 Å². The van der Waals surface area contributed by atoms with Crippen molar-refractivity contribution < 1.29 is 13.2 Å². The van der Waals surface area contributed by atoms with Crippen molar-refractivity contribution in [2.45, 2.75) is 18.6 Å². The summed E-state index contributed by atoms with van der Waals surface area (Å²) in [5.41, 5.74) is -0.694. The molecule has 1 atom stereocenters. The topological polar surface area (TPSA) is 40.2 Å². The second-order valence-corrected chi connectivity index (χ2v) is 4.77. The van der Waals surface area contributed by atoms with Gasteiger partial charge in [0.2, 0.25) is 0 Å². The molecule has 2 heterocycles. The minimum atomic E-state index is -4.36. The second kappa shape index (κ2) is 5.24. The average molecular weight is 274 g/mol. The summed E-state index contributed by atoms with van der Waals surface area (Å²) in [6.45, 7) is 1.75. The van der Waals surface area contributed by atoms with E-state index >= 15 is 0 Å². The SMILES string of the molecule is CNc1cc(C(F)(F)F)cc(NC2CCN(C)C2)n1. The lowest BCUT2D eigenvalue weighted by molar-refractivity contribution is -0.137. The minimum absolute atomic E-state index is 0.144. The fourth-order valence-corrected chi connectivity index (χ4v) is 2.16. The van der Waals surface area contributed by atoms with Crippen LogP contribution in [0.15, 0.2) is 12.1 Å². The molecule has 7 heteroatoms. The van der Waals surface area contributed by atoms with Crippen LogP contribution in [0.2, 0.25) is 0 Å². The number of aromatic nitrogens is 1. The molecule has 1 unspecified atom stereocenters. The van der Waals surface area contributed by atoms with Crippen LogP contribution in [0, 0.1) is 0 Å². The number of hydrogen-bond donors (Lipinski definition) is 2. The summed E-state index contributed by atoms with van der Waals surface area (Å²) in [4.78, 5) is 6.24. The van der Waals surface area contributed by atoms with E-state index in [-0.39, 0.29) is 17.7 Å². The van der Waals surface area contributed by atoms with E-state index in [1.165, 1.54) is 0 Å². The Morgan fingerprint density at radius 1 is 1.32 bits per heavy atom. The molecule has 106 valence electrons. The average Bonchev–Trinajstić information content (AvgIpc) is 2.73. The summed E-state index contributed by atoms with van der Waals surface area (Å²) >= 11 is 0. The second-order valence-electron chi connectivity index (χ2n) is 4.77. The van der Waals surface area contributed by atoms with Crippen molar-refractivity contribution >= 4 is 11.6 Å². The highest BCUT2D eigenvalue weighted by Gasteiger charge is 2.32. The highest BCUT2D eigenvalue weighted by atomic mass is 19.4. The first kappa shape index (κ1) is 13.9. The fraction of sp³-hybridized carbons (Fsp3) is 0.583. The van der Waals surface area contributed by atoms with Gasteiger partial charge in [-0.05, 0) is 32.1 Å². The molecule has 0 amide bonds. The van der Waals surface area contributed by atoms with Crippen LogP contribution in [0.4, 0.5) is 24.8 Å². The Labute approximate surface area is 110 Å². The predicted octanol–water partition coefficient (Wildman–Crippen LogP) is 2.26. The first-order chi connectivity index (χ1) is 8.88. The van der Waals surface area contributed by atoms with Gasteiger partial charge in [0.25, 0.3) is 0 Å². The molecule has 19 heavy (non-hydrogen) atoms. The number of halogens is 3. The summed E-state index contributed by atoms with van der Waals surface area (Å²) in [6, 6.07) is 2.20. The minimum Gasteiger partial charge on any atom is -0.373 e. The fourth-order valence-electron chi connectivity index (χ4n) is 2.16. The number of anilines is 2. The van der Waals surface area contributed by atoms with Crippen molar-refractivity contribution in [2.75, 3.05) is 37.8 Å². The van der Waals surface area contributed by atoms with Gasteiger partial charge in [-0.15, -0.1) is 0 Å². The van der Waals surface area contributed by atoms with Crippen LogP contribution in [0.1, 0.15) is 12.0 Å².